The van der Waals surface area contributed by atoms with Crippen LogP contribution in [0.1, 0.15) is 41.7 Å². The van der Waals surface area contributed by atoms with Crippen molar-refractivity contribution in [2.75, 3.05) is 24.3 Å². The van der Waals surface area contributed by atoms with Gasteiger partial charge in [-0.2, -0.15) is 0 Å². The maximum atomic E-state index is 13.0. The lowest BCUT2D eigenvalue weighted by Crippen LogP contribution is -2.40. The van der Waals surface area contributed by atoms with Gasteiger partial charge in [-0.25, -0.2) is 9.97 Å². The molecule has 4 rings (SSSR count). The molecule has 3 aromatic rings. The maximum Gasteiger partial charge on any atom is 0.257 e. The van der Waals surface area contributed by atoms with Crippen LogP contribution in [0.5, 0.6) is 11.6 Å². The van der Waals surface area contributed by atoms with Crippen LogP contribution >= 0.6 is 0 Å². The molecule has 1 saturated carbocycles. The van der Waals surface area contributed by atoms with Gasteiger partial charge in [-0.1, -0.05) is 18.2 Å². The lowest BCUT2D eigenvalue weighted by atomic mass is 9.91. The van der Waals surface area contributed by atoms with Crippen molar-refractivity contribution < 1.29 is 9.53 Å². The molecule has 2 aromatic heterocycles. The normalized spacial score (nSPS) is 17.8. The number of amides is 1. The molecule has 0 bridgehead atoms. The number of nitrogens with one attached hydrogen (secondary N) is 2. The van der Waals surface area contributed by atoms with E-state index in [-0.39, 0.29) is 11.9 Å². The summed E-state index contributed by atoms with van der Waals surface area (Å²) in [7, 11) is 4.07. The van der Waals surface area contributed by atoms with Gasteiger partial charge in [0.05, 0.1) is 0 Å². The number of pyridine rings is 2. The first kappa shape index (κ1) is 22.6. The number of anilines is 2. The van der Waals surface area contributed by atoms with Crippen molar-refractivity contribution in [3.05, 3.63) is 72.1 Å². The molecule has 1 aromatic carbocycles. The second-order valence-electron chi connectivity index (χ2n) is 8.68. The van der Waals surface area contributed by atoms with Crippen LogP contribution in [-0.2, 0) is 0 Å². The van der Waals surface area contributed by atoms with Gasteiger partial charge < -0.3 is 20.3 Å². The standard InChI is InChI=1S/C26H31N5O2/c1-18-16-21(31(2)3)17-24(28-18)29-19-11-13-20(14-12-19)30-25(32)23-10-7-15-27-26(23)33-22-8-5-4-6-9-22/h4-10,15-17,19-20H,11-14H2,1-3H3,(H,28,29)(H,30,32)/t19-,20+. The monoisotopic (exact) mass is 445 g/mol. The number of hydrogen-bond acceptors (Lipinski definition) is 6. The Kier molecular flexibility index (Phi) is 7.07. The van der Waals surface area contributed by atoms with Crippen molar-refractivity contribution in [3.63, 3.8) is 0 Å². The van der Waals surface area contributed by atoms with E-state index < -0.39 is 0 Å². The number of rotatable bonds is 7. The van der Waals surface area contributed by atoms with Gasteiger partial charge in [0, 0.05) is 49.8 Å². The van der Waals surface area contributed by atoms with Crippen LogP contribution in [0.4, 0.5) is 11.5 Å². The fourth-order valence-corrected chi connectivity index (χ4v) is 4.08. The van der Waals surface area contributed by atoms with Gasteiger partial charge >= 0.3 is 0 Å². The molecule has 1 aliphatic carbocycles. The Hall–Kier alpha value is -3.61. The molecule has 1 aliphatic rings. The highest BCUT2D eigenvalue weighted by Crippen LogP contribution is 2.26. The molecule has 0 unspecified atom stereocenters. The number of nitrogens with zero attached hydrogens (tertiary/aromatic N) is 3. The van der Waals surface area contributed by atoms with Crippen LogP contribution in [-0.4, -0.2) is 42.1 Å². The highest BCUT2D eigenvalue weighted by Gasteiger charge is 2.24. The quantitative estimate of drug-likeness (QED) is 0.544. The summed E-state index contributed by atoms with van der Waals surface area (Å²) in [5, 5.41) is 6.75. The Labute approximate surface area is 195 Å². The van der Waals surface area contributed by atoms with Gasteiger partial charge in [0.15, 0.2) is 0 Å². The molecule has 0 aliphatic heterocycles. The molecule has 1 amide bonds. The van der Waals surface area contributed by atoms with Crippen LogP contribution in [0.15, 0.2) is 60.8 Å². The molecule has 172 valence electrons. The Balaban J connectivity index is 1.33. The Morgan fingerprint density at radius 3 is 2.45 bits per heavy atom. The topological polar surface area (TPSA) is 79.4 Å². The SMILES string of the molecule is Cc1cc(N(C)C)cc(N[C@H]2CC[C@@H](NC(=O)c3cccnc3Oc3ccccc3)CC2)n1. The van der Waals surface area contributed by atoms with Gasteiger partial charge in [0.1, 0.15) is 17.1 Å². The highest BCUT2D eigenvalue weighted by atomic mass is 16.5. The predicted molar refractivity (Wildman–Crippen MR) is 131 cm³/mol. The van der Waals surface area contributed by atoms with Gasteiger partial charge in [0.2, 0.25) is 5.88 Å². The number of para-hydroxylation sites is 1. The van der Waals surface area contributed by atoms with Crippen molar-refractivity contribution in [1.82, 2.24) is 15.3 Å². The van der Waals surface area contributed by atoms with E-state index >= 15 is 0 Å². The van der Waals surface area contributed by atoms with E-state index in [4.69, 9.17) is 4.74 Å². The van der Waals surface area contributed by atoms with Crippen molar-refractivity contribution in [2.24, 2.45) is 0 Å². The Morgan fingerprint density at radius 1 is 1.00 bits per heavy atom. The maximum absolute atomic E-state index is 13.0. The zero-order valence-electron chi connectivity index (χ0n) is 19.4. The van der Waals surface area contributed by atoms with Crippen molar-refractivity contribution >= 4 is 17.4 Å². The molecule has 33 heavy (non-hydrogen) atoms. The smallest absolute Gasteiger partial charge is 0.257 e. The van der Waals surface area contributed by atoms with E-state index in [2.05, 4.69) is 37.6 Å². The summed E-state index contributed by atoms with van der Waals surface area (Å²) < 4.78 is 5.85. The third-order valence-electron chi connectivity index (χ3n) is 5.84. The second kappa shape index (κ2) is 10.3. The van der Waals surface area contributed by atoms with E-state index in [1.165, 1.54) is 0 Å². The number of carbonyl (C=O) groups excluding carboxylic acids is 1. The third kappa shape index (κ3) is 6.00. The van der Waals surface area contributed by atoms with Crippen molar-refractivity contribution in [1.29, 1.82) is 0 Å². The van der Waals surface area contributed by atoms with Gasteiger partial charge in [-0.05, 0) is 62.9 Å². The van der Waals surface area contributed by atoms with Crippen LogP contribution in [0.25, 0.3) is 0 Å². The number of aryl methyl sites for hydroxylation is 1. The molecular formula is C26H31N5O2. The van der Waals surface area contributed by atoms with Gasteiger partial charge in [-0.3, -0.25) is 4.79 Å². The average molecular weight is 446 g/mol. The second-order valence-corrected chi connectivity index (χ2v) is 8.68. The summed E-state index contributed by atoms with van der Waals surface area (Å²) >= 11 is 0. The molecule has 2 heterocycles. The molecule has 0 atom stereocenters. The summed E-state index contributed by atoms with van der Waals surface area (Å²) in [5.41, 5.74) is 2.58. The summed E-state index contributed by atoms with van der Waals surface area (Å²) in [4.78, 5) is 24.0. The minimum absolute atomic E-state index is 0.128. The molecule has 0 radical (unpaired) electrons. The number of benzene rings is 1. The summed E-state index contributed by atoms with van der Waals surface area (Å²) in [6, 6.07) is 17.5. The van der Waals surface area contributed by atoms with Crippen LogP contribution < -0.4 is 20.3 Å². The largest absolute Gasteiger partial charge is 0.438 e. The third-order valence-corrected chi connectivity index (χ3v) is 5.84. The van der Waals surface area contributed by atoms with E-state index in [0.717, 1.165) is 42.9 Å². The van der Waals surface area contributed by atoms with E-state index in [0.29, 0.717) is 23.2 Å². The number of hydrogen-bond donors (Lipinski definition) is 2. The predicted octanol–water partition coefficient (Wildman–Crippen LogP) is 4.80. The first-order valence-electron chi connectivity index (χ1n) is 11.4. The lowest BCUT2D eigenvalue weighted by Gasteiger charge is -2.30. The molecule has 7 nitrogen and oxygen atoms in total. The number of carbonyl (C=O) groups is 1. The first-order valence-corrected chi connectivity index (χ1v) is 11.4. The molecule has 1 fully saturated rings. The number of ether oxygens (including phenoxy) is 1. The highest BCUT2D eigenvalue weighted by molar-refractivity contribution is 5.96. The molecule has 2 N–H and O–H groups in total. The summed E-state index contributed by atoms with van der Waals surface area (Å²) in [5.74, 6) is 1.73. The zero-order valence-corrected chi connectivity index (χ0v) is 19.4. The minimum Gasteiger partial charge on any atom is -0.438 e. The van der Waals surface area contributed by atoms with Crippen molar-refractivity contribution in [2.45, 2.75) is 44.7 Å². The zero-order chi connectivity index (χ0) is 23.2. The van der Waals surface area contributed by atoms with Crippen LogP contribution in [0.3, 0.4) is 0 Å². The van der Waals surface area contributed by atoms with Crippen LogP contribution in [0.2, 0.25) is 0 Å². The fourth-order valence-electron chi connectivity index (χ4n) is 4.08. The van der Waals surface area contributed by atoms with Gasteiger partial charge in [0.25, 0.3) is 5.91 Å². The van der Waals surface area contributed by atoms with Crippen molar-refractivity contribution in [3.8, 4) is 11.6 Å². The van der Waals surface area contributed by atoms with Gasteiger partial charge in [-0.15, -0.1) is 0 Å². The summed E-state index contributed by atoms with van der Waals surface area (Å²) in [6.45, 7) is 2.01. The number of aromatic nitrogens is 2. The molecule has 7 heteroatoms. The minimum atomic E-state index is -0.151. The molecule has 0 spiro atoms. The van der Waals surface area contributed by atoms with E-state index in [1.54, 1.807) is 18.3 Å². The Bertz CT molecular complexity index is 1080. The summed E-state index contributed by atoms with van der Waals surface area (Å²) in [6.07, 6.45) is 5.39. The molecular weight excluding hydrogens is 414 g/mol. The van der Waals surface area contributed by atoms with E-state index in [9.17, 15) is 4.79 Å². The lowest BCUT2D eigenvalue weighted by molar-refractivity contribution is 0.0923. The van der Waals surface area contributed by atoms with E-state index in [1.807, 2.05) is 51.4 Å². The fraction of sp³-hybridized carbons (Fsp3) is 0.346. The average Bonchev–Trinajstić information content (AvgIpc) is 2.81. The first-order chi connectivity index (χ1) is 16.0. The molecule has 0 saturated heterocycles. The Morgan fingerprint density at radius 2 is 1.73 bits per heavy atom. The van der Waals surface area contributed by atoms with Crippen LogP contribution in [0, 0.1) is 6.92 Å².